The number of ether oxygens (including phenoxy) is 1. The van der Waals surface area contributed by atoms with Crippen LogP contribution in [0.3, 0.4) is 0 Å². The Morgan fingerprint density at radius 1 is 1.52 bits per heavy atom. The molecule has 0 bridgehead atoms. The monoisotopic (exact) mass is 312 g/mol. The van der Waals surface area contributed by atoms with E-state index < -0.39 is 17.7 Å². The molecule has 2 amide bonds. The summed E-state index contributed by atoms with van der Waals surface area (Å²) in [5, 5.41) is 8.56. The van der Waals surface area contributed by atoms with Crippen molar-refractivity contribution in [2.24, 2.45) is 0 Å². The second kappa shape index (κ2) is 5.97. The van der Waals surface area contributed by atoms with Gasteiger partial charge in [0.1, 0.15) is 11.6 Å². The van der Waals surface area contributed by atoms with Crippen LogP contribution in [0.4, 0.5) is 4.79 Å². The van der Waals surface area contributed by atoms with Gasteiger partial charge < -0.3 is 10.1 Å². The van der Waals surface area contributed by atoms with E-state index in [4.69, 9.17) is 4.74 Å². The topological polar surface area (TPSA) is 84.4 Å². The lowest BCUT2D eigenvalue weighted by molar-refractivity contribution is -0.131. The summed E-state index contributed by atoms with van der Waals surface area (Å²) < 4.78 is 9.05. The van der Waals surface area contributed by atoms with Crippen LogP contribution in [-0.4, -0.2) is 44.7 Å². The normalized spacial score (nSPS) is 19.6. The average molecular weight is 312 g/mol. The van der Waals surface area contributed by atoms with Crippen molar-refractivity contribution in [2.45, 2.75) is 51.8 Å². The van der Waals surface area contributed by atoms with E-state index >= 15 is 0 Å². The highest BCUT2D eigenvalue weighted by Crippen LogP contribution is 2.22. The fourth-order valence-electron chi connectivity index (χ4n) is 1.94. The summed E-state index contributed by atoms with van der Waals surface area (Å²) in [6, 6.07) is -0.689. The first-order valence-electron chi connectivity index (χ1n) is 6.85. The lowest BCUT2D eigenvalue weighted by Crippen LogP contribution is -2.59. The minimum Gasteiger partial charge on any atom is -0.444 e. The molecule has 0 saturated carbocycles. The summed E-state index contributed by atoms with van der Waals surface area (Å²) in [5.41, 5.74) is 0.157. The molecule has 0 spiro atoms. The Bertz CT molecular complexity index is 512. The highest BCUT2D eigenvalue weighted by molar-refractivity contribution is 7.03. The molecule has 0 aliphatic carbocycles. The number of carbonyl (C=O) groups excluding carboxylic acids is 2. The molecule has 2 heterocycles. The number of rotatable bonds is 3. The van der Waals surface area contributed by atoms with Gasteiger partial charge >= 0.3 is 6.09 Å². The molecule has 116 valence electrons. The summed E-state index contributed by atoms with van der Waals surface area (Å²) in [7, 11) is 0. The third-order valence-corrected chi connectivity index (χ3v) is 3.65. The van der Waals surface area contributed by atoms with Gasteiger partial charge in [-0.05, 0) is 45.6 Å². The Morgan fingerprint density at radius 3 is 2.71 bits per heavy atom. The number of aromatic nitrogens is 2. The van der Waals surface area contributed by atoms with E-state index in [1.165, 1.54) is 16.4 Å². The van der Waals surface area contributed by atoms with Crippen molar-refractivity contribution < 1.29 is 14.3 Å². The largest absolute Gasteiger partial charge is 0.444 e. The molecule has 1 aromatic rings. The van der Waals surface area contributed by atoms with E-state index in [-0.39, 0.29) is 11.9 Å². The van der Waals surface area contributed by atoms with Crippen molar-refractivity contribution in [1.82, 2.24) is 19.8 Å². The van der Waals surface area contributed by atoms with Crippen molar-refractivity contribution in [1.29, 1.82) is 0 Å². The van der Waals surface area contributed by atoms with Crippen LogP contribution < -0.4 is 5.32 Å². The predicted octanol–water partition coefficient (Wildman–Crippen LogP) is 1.72. The van der Waals surface area contributed by atoms with Crippen LogP contribution in [0.1, 0.15) is 45.9 Å². The van der Waals surface area contributed by atoms with Crippen LogP contribution in [0, 0.1) is 0 Å². The molecule has 1 aliphatic heterocycles. The molecule has 7 nitrogen and oxygen atoms in total. The Labute approximate surface area is 127 Å². The summed E-state index contributed by atoms with van der Waals surface area (Å²) in [5.74, 6) is -0.187. The fourth-order valence-corrected chi connectivity index (χ4v) is 2.49. The molecule has 1 N–H and O–H groups in total. The van der Waals surface area contributed by atoms with Gasteiger partial charge in [-0.15, -0.1) is 5.10 Å². The molecule has 0 radical (unpaired) electrons. The highest BCUT2D eigenvalue weighted by Gasteiger charge is 2.40. The Hall–Kier alpha value is -1.70. The summed E-state index contributed by atoms with van der Waals surface area (Å²) >= 11 is 1.24. The Morgan fingerprint density at radius 2 is 2.24 bits per heavy atom. The smallest absolute Gasteiger partial charge is 0.410 e. The van der Waals surface area contributed by atoms with Crippen LogP contribution in [-0.2, 0) is 9.53 Å². The molecule has 21 heavy (non-hydrogen) atoms. The first-order chi connectivity index (χ1) is 9.78. The third-order valence-electron chi connectivity index (χ3n) is 3.13. The van der Waals surface area contributed by atoms with Gasteiger partial charge in [-0.25, -0.2) is 4.79 Å². The molecule has 8 heteroatoms. The quantitative estimate of drug-likeness (QED) is 0.918. The van der Waals surface area contributed by atoms with E-state index in [2.05, 4.69) is 14.9 Å². The summed E-state index contributed by atoms with van der Waals surface area (Å²) in [6.07, 6.45) is 0.199. The highest BCUT2D eigenvalue weighted by atomic mass is 32.1. The molecular formula is C13H20N4O3S. The van der Waals surface area contributed by atoms with Crippen molar-refractivity contribution in [2.75, 3.05) is 6.54 Å². The fraction of sp³-hybridized carbons (Fsp3) is 0.692. The van der Waals surface area contributed by atoms with Gasteiger partial charge in [-0.3, -0.25) is 9.69 Å². The number of likely N-dealkylation sites (tertiary alicyclic amines) is 1. The Kier molecular flexibility index (Phi) is 4.46. The lowest BCUT2D eigenvalue weighted by Gasteiger charge is -2.40. The maximum absolute atomic E-state index is 12.2. The van der Waals surface area contributed by atoms with Gasteiger partial charge in [0.05, 0.1) is 11.7 Å². The first-order valence-corrected chi connectivity index (χ1v) is 7.68. The summed E-state index contributed by atoms with van der Waals surface area (Å²) in [4.78, 5) is 25.6. The minimum absolute atomic E-state index is 0.187. The predicted molar refractivity (Wildman–Crippen MR) is 77.8 cm³/mol. The molecule has 0 aromatic carbocycles. The molecule has 1 aliphatic rings. The van der Waals surface area contributed by atoms with Crippen LogP contribution in [0.5, 0.6) is 0 Å². The van der Waals surface area contributed by atoms with E-state index in [1.54, 1.807) is 26.2 Å². The maximum atomic E-state index is 12.2. The van der Waals surface area contributed by atoms with Crippen molar-refractivity contribution >= 4 is 23.5 Å². The molecule has 1 aromatic heterocycles. The zero-order valence-corrected chi connectivity index (χ0v) is 13.4. The number of nitrogens with zero attached hydrogens (tertiary/aromatic N) is 3. The third kappa shape index (κ3) is 3.90. The van der Waals surface area contributed by atoms with Crippen LogP contribution in [0.25, 0.3) is 0 Å². The number of carbonyl (C=O) groups is 2. The minimum atomic E-state index is -0.562. The van der Waals surface area contributed by atoms with Gasteiger partial charge in [0.15, 0.2) is 0 Å². The van der Waals surface area contributed by atoms with Crippen LogP contribution in [0.15, 0.2) is 5.38 Å². The lowest BCUT2D eigenvalue weighted by atomic mass is 10.0. The van der Waals surface area contributed by atoms with Gasteiger partial charge in [0.2, 0.25) is 5.91 Å². The van der Waals surface area contributed by atoms with Gasteiger partial charge in [0.25, 0.3) is 0 Å². The second-order valence-corrected chi connectivity index (χ2v) is 6.65. The van der Waals surface area contributed by atoms with E-state index in [1.807, 2.05) is 6.92 Å². The SMILES string of the molecule is C[C@H](NC(=O)[C@H]1CCN1C(=O)OC(C)(C)C)c1csnn1. The van der Waals surface area contributed by atoms with E-state index in [9.17, 15) is 9.59 Å². The van der Waals surface area contributed by atoms with Crippen LogP contribution in [0.2, 0.25) is 0 Å². The molecule has 2 atom stereocenters. The van der Waals surface area contributed by atoms with Gasteiger partial charge in [-0.2, -0.15) is 0 Å². The number of hydrogen-bond acceptors (Lipinski definition) is 6. The number of nitrogens with one attached hydrogen (secondary N) is 1. The molecule has 1 saturated heterocycles. The summed E-state index contributed by atoms with van der Waals surface area (Å²) in [6.45, 7) is 7.79. The standard InChI is InChI=1S/C13H20N4O3S/c1-8(9-7-21-16-15-9)14-11(18)10-5-6-17(10)12(19)20-13(2,3)4/h7-8,10H,5-6H2,1-4H3,(H,14,18)/t8-,10+/m0/s1. The Balaban J connectivity index is 1.90. The van der Waals surface area contributed by atoms with Gasteiger partial charge in [-0.1, -0.05) is 4.49 Å². The van der Waals surface area contributed by atoms with Gasteiger partial charge in [0, 0.05) is 11.9 Å². The maximum Gasteiger partial charge on any atom is 0.410 e. The van der Waals surface area contributed by atoms with Crippen molar-refractivity contribution in [3.63, 3.8) is 0 Å². The zero-order chi connectivity index (χ0) is 15.6. The zero-order valence-electron chi connectivity index (χ0n) is 12.6. The number of hydrogen-bond donors (Lipinski definition) is 1. The first kappa shape index (κ1) is 15.7. The van der Waals surface area contributed by atoms with E-state index in [0.717, 1.165) is 5.69 Å². The molecule has 2 rings (SSSR count). The molecule has 1 fully saturated rings. The molecular weight excluding hydrogens is 292 g/mol. The molecule has 0 unspecified atom stereocenters. The average Bonchev–Trinajstić information content (AvgIpc) is 2.76. The van der Waals surface area contributed by atoms with Crippen LogP contribution >= 0.6 is 11.5 Å². The second-order valence-electron chi connectivity index (χ2n) is 6.04. The van der Waals surface area contributed by atoms with E-state index in [0.29, 0.717) is 13.0 Å². The number of amides is 2. The van der Waals surface area contributed by atoms with Crippen molar-refractivity contribution in [3.05, 3.63) is 11.1 Å². The van der Waals surface area contributed by atoms with Crippen molar-refractivity contribution in [3.8, 4) is 0 Å².